The summed E-state index contributed by atoms with van der Waals surface area (Å²) in [5, 5.41) is 0. The normalized spacial score (nSPS) is 11.8. The molecule has 0 unspecified atom stereocenters. The smallest absolute Gasteiger partial charge is 0.0180 e. The summed E-state index contributed by atoms with van der Waals surface area (Å²) in [7, 11) is 0. The number of hydrogen-bond donors (Lipinski definition) is 0. The van der Waals surface area contributed by atoms with Gasteiger partial charge in [0.05, 0.1) is 0 Å². The fraction of sp³-hybridized carbons (Fsp3) is 0.364. The predicted octanol–water partition coefficient (Wildman–Crippen LogP) is 3.93. The molecule has 1 aromatic carbocycles. The minimum absolute atomic E-state index is 0.205. The first-order chi connectivity index (χ1) is 5.39. The van der Waals surface area contributed by atoms with Gasteiger partial charge in [-0.3, -0.25) is 0 Å². The second-order valence-electron chi connectivity index (χ2n) is 4.10. The largest absolute Gasteiger partial charge is 0.0561 e. The van der Waals surface area contributed by atoms with Crippen molar-refractivity contribution in [1.82, 2.24) is 0 Å². The van der Waals surface area contributed by atoms with Gasteiger partial charge in [0, 0.05) is 4.47 Å². The second kappa shape index (κ2) is 3.21. The molecule has 0 saturated heterocycles. The number of hydrogen-bond acceptors (Lipinski definition) is 0. The lowest BCUT2D eigenvalue weighted by Crippen LogP contribution is -2.11. The Bertz CT molecular complexity index is 261. The molecule has 0 amide bonds. The molecule has 12 heavy (non-hydrogen) atoms. The fourth-order valence-electron chi connectivity index (χ4n) is 1.08. The summed E-state index contributed by atoms with van der Waals surface area (Å²) in [5.74, 6) is 0. The van der Waals surface area contributed by atoms with E-state index in [0.29, 0.717) is 0 Å². The van der Waals surface area contributed by atoms with Crippen LogP contribution in [0.3, 0.4) is 0 Å². The van der Waals surface area contributed by atoms with Gasteiger partial charge in [0.25, 0.3) is 0 Å². The number of rotatable bonds is 0. The average Bonchev–Trinajstić information content (AvgIpc) is 1.82. The van der Waals surface area contributed by atoms with Crippen molar-refractivity contribution in [3.05, 3.63) is 40.7 Å². The first-order valence-corrected chi connectivity index (χ1v) is 4.82. The van der Waals surface area contributed by atoms with Crippen molar-refractivity contribution >= 4 is 15.9 Å². The van der Waals surface area contributed by atoms with Crippen LogP contribution in [0.2, 0.25) is 0 Å². The van der Waals surface area contributed by atoms with E-state index in [0.717, 1.165) is 10.0 Å². The molecule has 0 aliphatic rings. The monoisotopic (exact) mass is 225 g/mol. The lowest BCUT2D eigenvalue weighted by Gasteiger charge is -2.19. The topological polar surface area (TPSA) is 0 Å². The zero-order valence-electron chi connectivity index (χ0n) is 7.82. The molecule has 0 aliphatic heterocycles. The van der Waals surface area contributed by atoms with Crippen LogP contribution in [-0.4, -0.2) is 0 Å². The van der Waals surface area contributed by atoms with E-state index in [-0.39, 0.29) is 5.41 Å². The minimum Gasteiger partial charge on any atom is -0.0561 e. The Morgan fingerprint density at radius 3 is 2.17 bits per heavy atom. The van der Waals surface area contributed by atoms with Crippen LogP contribution in [0.25, 0.3) is 0 Å². The molecule has 0 bridgehead atoms. The lowest BCUT2D eigenvalue weighted by atomic mass is 9.86. The van der Waals surface area contributed by atoms with Crippen molar-refractivity contribution < 1.29 is 0 Å². The van der Waals surface area contributed by atoms with Crippen LogP contribution in [0.1, 0.15) is 31.9 Å². The van der Waals surface area contributed by atoms with E-state index in [9.17, 15) is 0 Å². The van der Waals surface area contributed by atoms with Crippen LogP contribution in [-0.2, 0) is 5.41 Å². The Balaban J connectivity index is 3.18. The number of halogens is 1. The van der Waals surface area contributed by atoms with Crippen LogP contribution < -0.4 is 0 Å². The molecule has 1 rings (SSSR count). The molecule has 0 fully saturated rings. The van der Waals surface area contributed by atoms with Crippen molar-refractivity contribution in [2.75, 3.05) is 0 Å². The third-order valence-electron chi connectivity index (χ3n) is 1.82. The zero-order valence-corrected chi connectivity index (χ0v) is 9.40. The summed E-state index contributed by atoms with van der Waals surface area (Å²) in [4.78, 5) is 0. The van der Waals surface area contributed by atoms with Gasteiger partial charge in [0.2, 0.25) is 0 Å². The first-order valence-electron chi connectivity index (χ1n) is 4.02. The van der Waals surface area contributed by atoms with Crippen LogP contribution in [0.5, 0.6) is 0 Å². The Morgan fingerprint density at radius 1 is 1.17 bits per heavy atom. The first kappa shape index (κ1) is 9.79. The fourth-order valence-corrected chi connectivity index (χ4v) is 1.62. The van der Waals surface area contributed by atoms with Gasteiger partial charge in [-0.2, -0.15) is 0 Å². The van der Waals surface area contributed by atoms with Gasteiger partial charge in [-0.25, -0.2) is 0 Å². The lowest BCUT2D eigenvalue weighted by molar-refractivity contribution is 0.589. The quantitative estimate of drug-likeness (QED) is 0.628. The highest BCUT2D eigenvalue weighted by atomic mass is 79.9. The van der Waals surface area contributed by atoms with Gasteiger partial charge >= 0.3 is 0 Å². The summed E-state index contributed by atoms with van der Waals surface area (Å²) in [6, 6.07) is 6.30. The Hall–Kier alpha value is -0.300. The van der Waals surface area contributed by atoms with E-state index in [4.69, 9.17) is 0 Å². The third-order valence-corrected chi connectivity index (χ3v) is 2.28. The van der Waals surface area contributed by atoms with Gasteiger partial charge in [0.15, 0.2) is 0 Å². The van der Waals surface area contributed by atoms with Gasteiger partial charge in [0.1, 0.15) is 0 Å². The molecular weight excluding hydrogens is 212 g/mol. The number of benzene rings is 1. The Kier molecular flexibility index (Phi) is 2.62. The Labute approximate surface area is 83.1 Å². The SMILES string of the molecule is [CH2]c1cc(Br)cc(C(C)(C)C)c1. The molecule has 65 valence electrons. The Morgan fingerprint density at radius 2 is 1.75 bits per heavy atom. The maximum Gasteiger partial charge on any atom is 0.0180 e. The molecule has 1 radical (unpaired) electrons. The van der Waals surface area contributed by atoms with Crippen LogP contribution in [0.4, 0.5) is 0 Å². The van der Waals surface area contributed by atoms with Gasteiger partial charge < -0.3 is 0 Å². The third kappa shape index (κ3) is 2.34. The molecule has 0 nitrogen and oxygen atoms in total. The van der Waals surface area contributed by atoms with Crippen molar-refractivity contribution in [2.45, 2.75) is 26.2 Å². The summed E-state index contributed by atoms with van der Waals surface area (Å²) in [6.45, 7) is 10.5. The molecule has 0 aromatic heterocycles. The zero-order chi connectivity index (χ0) is 9.35. The van der Waals surface area contributed by atoms with E-state index in [1.807, 2.05) is 6.07 Å². The van der Waals surface area contributed by atoms with Gasteiger partial charge in [-0.15, -0.1) is 0 Å². The van der Waals surface area contributed by atoms with E-state index < -0.39 is 0 Å². The minimum atomic E-state index is 0.205. The van der Waals surface area contributed by atoms with Crippen molar-refractivity contribution in [2.24, 2.45) is 0 Å². The summed E-state index contributed by atoms with van der Waals surface area (Å²) in [6.07, 6.45) is 0. The van der Waals surface area contributed by atoms with E-state index in [2.05, 4.69) is 55.8 Å². The van der Waals surface area contributed by atoms with Crippen LogP contribution >= 0.6 is 15.9 Å². The summed E-state index contributed by atoms with van der Waals surface area (Å²) >= 11 is 3.47. The average molecular weight is 226 g/mol. The maximum absolute atomic E-state index is 3.93. The molecular formula is C11H14Br. The molecule has 0 saturated carbocycles. The van der Waals surface area contributed by atoms with E-state index in [1.165, 1.54) is 5.56 Å². The molecule has 1 aromatic rings. The highest BCUT2D eigenvalue weighted by molar-refractivity contribution is 9.10. The van der Waals surface area contributed by atoms with Crippen molar-refractivity contribution in [1.29, 1.82) is 0 Å². The summed E-state index contributed by atoms with van der Waals surface area (Å²) in [5.41, 5.74) is 2.59. The van der Waals surface area contributed by atoms with Crippen molar-refractivity contribution in [3.63, 3.8) is 0 Å². The highest BCUT2D eigenvalue weighted by Gasteiger charge is 2.13. The summed E-state index contributed by atoms with van der Waals surface area (Å²) < 4.78 is 1.11. The van der Waals surface area contributed by atoms with Gasteiger partial charge in [-0.1, -0.05) is 42.8 Å². The molecule has 0 N–H and O–H groups in total. The molecule has 0 heterocycles. The van der Waals surface area contributed by atoms with E-state index >= 15 is 0 Å². The molecule has 0 aliphatic carbocycles. The van der Waals surface area contributed by atoms with Crippen LogP contribution in [0, 0.1) is 6.92 Å². The van der Waals surface area contributed by atoms with E-state index in [1.54, 1.807) is 0 Å². The molecule has 1 heteroatoms. The molecule has 0 atom stereocenters. The standard InChI is InChI=1S/C11H14Br/c1-8-5-9(11(2,3)4)7-10(12)6-8/h5-7H,1H2,2-4H3. The second-order valence-corrected chi connectivity index (χ2v) is 5.01. The van der Waals surface area contributed by atoms with Gasteiger partial charge in [-0.05, 0) is 35.6 Å². The maximum atomic E-state index is 3.93. The molecule has 0 spiro atoms. The highest BCUT2D eigenvalue weighted by Crippen LogP contribution is 2.26. The van der Waals surface area contributed by atoms with Crippen LogP contribution in [0.15, 0.2) is 22.7 Å². The predicted molar refractivity (Wildman–Crippen MR) is 57.3 cm³/mol. The van der Waals surface area contributed by atoms with Crippen molar-refractivity contribution in [3.8, 4) is 0 Å².